The molecule has 0 fully saturated rings. The molecule has 5 heteroatoms. The number of hydrogen-bond donors (Lipinski definition) is 2. The second-order valence-electron chi connectivity index (χ2n) is 4.67. The Morgan fingerprint density at radius 1 is 1.00 bits per heavy atom. The Labute approximate surface area is 117 Å². The van der Waals surface area contributed by atoms with E-state index in [1.807, 2.05) is 18.2 Å². The van der Waals surface area contributed by atoms with Gasteiger partial charge in [-0.3, -0.25) is 10.1 Å². The highest BCUT2D eigenvalue weighted by Gasteiger charge is 2.05. The first-order chi connectivity index (χ1) is 9.72. The average Bonchev–Trinajstić information content (AvgIpc) is 2.92. The van der Waals surface area contributed by atoms with Crippen molar-refractivity contribution >= 4 is 11.6 Å². The Hall–Kier alpha value is -2.69. The summed E-state index contributed by atoms with van der Waals surface area (Å²) in [4.78, 5) is 8.41. The van der Waals surface area contributed by atoms with Crippen molar-refractivity contribution in [1.29, 1.82) is 0 Å². The van der Waals surface area contributed by atoms with Crippen LogP contribution in [0.4, 0.5) is 11.6 Å². The maximum atomic E-state index is 4.42. The lowest BCUT2D eigenvalue weighted by molar-refractivity contribution is 1.10. The quantitative estimate of drug-likeness (QED) is 0.763. The van der Waals surface area contributed by atoms with Gasteiger partial charge in [0.2, 0.25) is 5.95 Å². The molecular formula is C15H15N5. The van der Waals surface area contributed by atoms with Crippen molar-refractivity contribution in [1.82, 2.24) is 20.2 Å². The molecule has 1 aromatic carbocycles. The fourth-order valence-corrected chi connectivity index (χ4v) is 1.90. The first-order valence-electron chi connectivity index (χ1n) is 6.39. The fourth-order valence-electron chi connectivity index (χ4n) is 1.90. The molecule has 2 aromatic heterocycles. The van der Waals surface area contributed by atoms with Gasteiger partial charge in [-0.2, -0.15) is 4.98 Å². The highest BCUT2D eigenvalue weighted by atomic mass is 15.3. The first kappa shape index (κ1) is 12.3. The van der Waals surface area contributed by atoms with Crippen molar-refractivity contribution < 1.29 is 0 Å². The number of aromatic amines is 1. The van der Waals surface area contributed by atoms with Gasteiger partial charge < -0.3 is 5.32 Å². The summed E-state index contributed by atoms with van der Waals surface area (Å²) < 4.78 is 0. The van der Waals surface area contributed by atoms with E-state index in [1.165, 1.54) is 11.1 Å². The van der Waals surface area contributed by atoms with Gasteiger partial charge in [0, 0.05) is 23.6 Å². The van der Waals surface area contributed by atoms with Gasteiger partial charge in [-0.1, -0.05) is 6.07 Å². The predicted molar refractivity (Wildman–Crippen MR) is 78.8 cm³/mol. The molecule has 0 aliphatic rings. The van der Waals surface area contributed by atoms with Crippen molar-refractivity contribution in [2.45, 2.75) is 13.8 Å². The second kappa shape index (κ2) is 5.13. The summed E-state index contributed by atoms with van der Waals surface area (Å²) in [6.45, 7) is 4.17. The van der Waals surface area contributed by atoms with Crippen LogP contribution >= 0.6 is 0 Å². The number of rotatable bonds is 3. The van der Waals surface area contributed by atoms with E-state index < -0.39 is 0 Å². The van der Waals surface area contributed by atoms with Crippen LogP contribution < -0.4 is 5.32 Å². The molecule has 100 valence electrons. The molecule has 0 amide bonds. The monoisotopic (exact) mass is 265 g/mol. The van der Waals surface area contributed by atoms with Crippen LogP contribution in [0.1, 0.15) is 11.1 Å². The number of benzene rings is 1. The standard InChI is InChI=1S/C15H15N5/c1-10-3-4-13(9-11(10)2)17-15-18-14(19-20-15)12-5-7-16-8-6-12/h3-9H,1-2H3,(H2,17,18,19,20). The van der Waals surface area contributed by atoms with Gasteiger partial charge in [-0.15, -0.1) is 5.10 Å². The van der Waals surface area contributed by atoms with E-state index in [4.69, 9.17) is 0 Å². The van der Waals surface area contributed by atoms with Gasteiger partial charge in [0.05, 0.1) is 0 Å². The van der Waals surface area contributed by atoms with Crippen LogP contribution in [-0.4, -0.2) is 20.2 Å². The third-order valence-corrected chi connectivity index (χ3v) is 3.20. The van der Waals surface area contributed by atoms with Crippen LogP contribution in [-0.2, 0) is 0 Å². The zero-order valence-electron chi connectivity index (χ0n) is 11.4. The number of hydrogen-bond acceptors (Lipinski definition) is 4. The minimum Gasteiger partial charge on any atom is -0.323 e. The summed E-state index contributed by atoms with van der Waals surface area (Å²) in [6, 6.07) is 9.96. The summed E-state index contributed by atoms with van der Waals surface area (Å²) in [5.41, 5.74) is 4.44. The van der Waals surface area contributed by atoms with Crippen molar-refractivity contribution in [3.05, 3.63) is 53.9 Å². The summed E-state index contributed by atoms with van der Waals surface area (Å²) in [6.07, 6.45) is 3.46. The van der Waals surface area contributed by atoms with Crippen LogP contribution in [0, 0.1) is 13.8 Å². The maximum Gasteiger partial charge on any atom is 0.246 e. The minimum absolute atomic E-state index is 0.556. The molecule has 0 saturated heterocycles. The third-order valence-electron chi connectivity index (χ3n) is 3.20. The first-order valence-corrected chi connectivity index (χ1v) is 6.39. The fraction of sp³-hybridized carbons (Fsp3) is 0.133. The number of nitrogens with one attached hydrogen (secondary N) is 2. The third kappa shape index (κ3) is 2.51. The molecule has 0 radical (unpaired) electrons. The highest BCUT2D eigenvalue weighted by Crippen LogP contribution is 2.19. The Kier molecular flexibility index (Phi) is 3.16. The van der Waals surface area contributed by atoms with Crippen LogP contribution in [0.15, 0.2) is 42.7 Å². The molecule has 0 unspecified atom stereocenters. The molecular weight excluding hydrogens is 250 g/mol. The number of H-pyrrole nitrogens is 1. The molecule has 0 atom stereocenters. The van der Waals surface area contributed by atoms with Gasteiger partial charge in [0.25, 0.3) is 0 Å². The Morgan fingerprint density at radius 3 is 2.55 bits per heavy atom. The largest absolute Gasteiger partial charge is 0.323 e. The lowest BCUT2D eigenvalue weighted by atomic mass is 10.1. The molecule has 3 aromatic rings. The normalized spacial score (nSPS) is 10.5. The zero-order chi connectivity index (χ0) is 13.9. The molecule has 0 saturated carbocycles. The summed E-state index contributed by atoms with van der Waals surface area (Å²) in [7, 11) is 0. The maximum absolute atomic E-state index is 4.42. The molecule has 0 spiro atoms. The number of anilines is 2. The van der Waals surface area contributed by atoms with Crippen molar-refractivity contribution in [2.24, 2.45) is 0 Å². The Balaban J connectivity index is 1.82. The smallest absolute Gasteiger partial charge is 0.246 e. The van der Waals surface area contributed by atoms with Crippen LogP contribution in [0.5, 0.6) is 0 Å². The van der Waals surface area contributed by atoms with E-state index in [0.717, 1.165) is 17.1 Å². The van der Waals surface area contributed by atoms with Gasteiger partial charge in [0.15, 0.2) is 5.82 Å². The SMILES string of the molecule is Cc1ccc(Nc2n[nH]c(-c3ccncc3)n2)cc1C. The van der Waals surface area contributed by atoms with E-state index >= 15 is 0 Å². The van der Waals surface area contributed by atoms with Crippen molar-refractivity contribution in [2.75, 3.05) is 5.32 Å². The Bertz CT molecular complexity index is 718. The molecule has 0 aliphatic heterocycles. The minimum atomic E-state index is 0.556. The number of aryl methyl sites for hydroxylation is 2. The summed E-state index contributed by atoms with van der Waals surface area (Å²) in [5, 5.41) is 10.3. The summed E-state index contributed by atoms with van der Waals surface area (Å²) in [5.74, 6) is 1.28. The number of nitrogens with zero attached hydrogens (tertiary/aromatic N) is 3. The summed E-state index contributed by atoms with van der Waals surface area (Å²) >= 11 is 0. The molecule has 2 N–H and O–H groups in total. The molecule has 2 heterocycles. The van der Waals surface area contributed by atoms with Gasteiger partial charge in [-0.05, 0) is 49.2 Å². The lowest BCUT2D eigenvalue weighted by Crippen LogP contribution is -1.93. The van der Waals surface area contributed by atoms with Gasteiger partial charge >= 0.3 is 0 Å². The lowest BCUT2D eigenvalue weighted by Gasteiger charge is -2.04. The second-order valence-corrected chi connectivity index (χ2v) is 4.67. The Morgan fingerprint density at radius 2 is 1.80 bits per heavy atom. The zero-order valence-corrected chi connectivity index (χ0v) is 11.4. The van der Waals surface area contributed by atoms with Crippen molar-refractivity contribution in [3.8, 4) is 11.4 Å². The molecule has 5 nitrogen and oxygen atoms in total. The number of aromatic nitrogens is 4. The molecule has 3 rings (SSSR count). The van der Waals surface area contributed by atoms with E-state index in [9.17, 15) is 0 Å². The topological polar surface area (TPSA) is 66.5 Å². The van der Waals surface area contributed by atoms with E-state index in [1.54, 1.807) is 12.4 Å². The van der Waals surface area contributed by atoms with E-state index in [2.05, 4.69) is 51.5 Å². The van der Waals surface area contributed by atoms with Crippen LogP contribution in [0.3, 0.4) is 0 Å². The van der Waals surface area contributed by atoms with E-state index in [0.29, 0.717) is 5.95 Å². The van der Waals surface area contributed by atoms with Crippen LogP contribution in [0.2, 0.25) is 0 Å². The van der Waals surface area contributed by atoms with Gasteiger partial charge in [0.1, 0.15) is 0 Å². The predicted octanol–water partition coefficient (Wildman–Crippen LogP) is 3.23. The number of pyridine rings is 1. The highest BCUT2D eigenvalue weighted by molar-refractivity contribution is 5.59. The van der Waals surface area contributed by atoms with Gasteiger partial charge in [-0.25, -0.2) is 0 Å². The van der Waals surface area contributed by atoms with E-state index in [-0.39, 0.29) is 0 Å². The molecule has 0 aliphatic carbocycles. The molecule has 0 bridgehead atoms. The van der Waals surface area contributed by atoms with Crippen molar-refractivity contribution in [3.63, 3.8) is 0 Å². The molecule has 20 heavy (non-hydrogen) atoms. The average molecular weight is 265 g/mol. The van der Waals surface area contributed by atoms with Crippen LogP contribution in [0.25, 0.3) is 11.4 Å².